The van der Waals surface area contributed by atoms with E-state index < -0.39 is 11.8 Å². The van der Waals surface area contributed by atoms with Crippen LogP contribution in [0.1, 0.15) is 70.6 Å². The van der Waals surface area contributed by atoms with Crippen molar-refractivity contribution in [1.29, 1.82) is 0 Å². The molecule has 6 heteroatoms. The van der Waals surface area contributed by atoms with Gasteiger partial charge in [-0.1, -0.05) is 69.9 Å². The molecular weight excluding hydrogens is 368 g/mol. The first-order valence-electron chi connectivity index (χ1n) is 11.2. The van der Waals surface area contributed by atoms with Crippen molar-refractivity contribution in [2.45, 2.75) is 82.8 Å². The molecule has 0 saturated heterocycles. The van der Waals surface area contributed by atoms with E-state index in [1.807, 2.05) is 24.3 Å². The van der Waals surface area contributed by atoms with Crippen molar-refractivity contribution in [2.75, 3.05) is 13.2 Å². The van der Waals surface area contributed by atoms with E-state index in [2.05, 4.69) is 10.6 Å². The topological polar surface area (TPSA) is 76.7 Å². The third-order valence-electron chi connectivity index (χ3n) is 5.70. The Hall–Kier alpha value is -2.24. The van der Waals surface area contributed by atoms with Gasteiger partial charge in [-0.15, -0.1) is 0 Å². The van der Waals surface area contributed by atoms with E-state index >= 15 is 0 Å². The molecule has 1 aliphatic heterocycles. The minimum atomic E-state index is -0.599. The predicted octanol–water partition coefficient (Wildman–Crippen LogP) is 3.73. The SMILES string of the molecule is O=C(NCC1COc2ccccc2O1)C(=O)NC1CCCCCCCCCCC1. The van der Waals surface area contributed by atoms with Gasteiger partial charge < -0.3 is 20.1 Å². The van der Waals surface area contributed by atoms with Gasteiger partial charge in [0.25, 0.3) is 0 Å². The molecule has 1 aromatic carbocycles. The fraction of sp³-hybridized carbons (Fsp3) is 0.652. The second-order valence-electron chi connectivity index (χ2n) is 8.14. The first-order chi connectivity index (χ1) is 14.2. The first kappa shape index (κ1) is 21.5. The van der Waals surface area contributed by atoms with Crippen molar-refractivity contribution in [3.63, 3.8) is 0 Å². The van der Waals surface area contributed by atoms with Crippen LogP contribution in [0.15, 0.2) is 24.3 Å². The molecule has 1 unspecified atom stereocenters. The van der Waals surface area contributed by atoms with E-state index in [1.54, 1.807) is 0 Å². The number of hydrogen-bond donors (Lipinski definition) is 2. The van der Waals surface area contributed by atoms with Gasteiger partial charge in [-0.25, -0.2) is 0 Å². The molecule has 29 heavy (non-hydrogen) atoms. The number of para-hydroxylation sites is 2. The maximum absolute atomic E-state index is 12.4. The molecular formula is C23H34N2O4. The third kappa shape index (κ3) is 7.26. The Bertz CT molecular complexity index is 652. The van der Waals surface area contributed by atoms with Crippen LogP contribution in [0.4, 0.5) is 0 Å². The number of fused-ring (bicyclic) bond motifs is 1. The number of nitrogens with one attached hydrogen (secondary N) is 2. The minimum absolute atomic E-state index is 0.0915. The summed E-state index contributed by atoms with van der Waals surface area (Å²) < 4.78 is 11.5. The molecule has 0 radical (unpaired) electrons. The van der Waals surface area contributed by atoms with Crippen LogP contribution >= 0.6 is 0 Å². The highest BCUT2D eigenvalue weighted by molar-refractivity contribution is 6.35. The van der Waals surface area contributed by atoms with Crippen LogP contribution in [0.25, 0.3) is 0 Å². The Morgan fingerprint density at radius 3 is 2.07 bits per heavy atom. The van der Waals surface area contributed by atoms with Crippen molar-refractivity contribution in [2.24, 2.45) is 0 Å². The second-order valence-corrected chi connectivity index (χ2v) is 8.14. The molecule has 1 aliphatic carbocycles. The monoisotopic (exact) mass is 402 g/mol. The maximum Gasteiger partial charge on any atom is 0.309 e. The van der Waals surface area contributed by atoms with Crippen molar-refractivity contribution in [3.05, 3.63) is 24.3 Å². The van der Waals surface area contributed by atoms with Crippen LogP contribution < -0.4 is 20.1 Å². The number of carbonyl (C=O) groups is 2. The summed E-state index contributed by atoms with van der Waals surface area (Å²) in [5, 5.41) is 5.64. The molecule has 2 N–H and O–H groups in total. The molecule has 0 aromatic heterocycles. The van der Waals surface area contributed by atoms with Crippen LogP contribution in [0.2, 0.25) is 0 Å². The van der Waals surface area contributed by atoms with Gasteiger partial charge >= 0.3 is 11.8 Å². The summed E-state index contributed by atoms with van der Waals surface area (Å²) in [6.45, 7) is 0.590. The van der Waals surface area contributed by atoms with Gasteiger partial charge in [0.05, 0.1) is 6.54 Å². The van der Waals surface area contributed by atoms with Crippen LogP contribution in [0.3, 0.4) is 0 Å². The van der Waals surface area contributed by atoms with Gasteiger partial charge in [-0.2, -0.15) is 0 Å². The lowest BCUT2D eigenvalue weighted by atomic mass is 9.98. The van der Waals surface area contributed by atoms with E-state index in [4.69, 9.17) is 9.47 Å². The molecule has 0 bridgehead atoms. The molecule has 160 valence electrons. The Balaban J connectivity index is 1.41. The number of ether oxygens (including phenoxy) is 2. The molecule has 2 amide bonds. The van der Waals surface area contributed by atoms with Crippen LogP contribution in [0.5, 0.6) is 11.5 Å². The van der Waals surface area contributed by atoms with E-state index in [0.717, 1.165) is 25.7 Å². The molecule has 1 aromatic rings. The Kier molecular flexibility index (Phi) is 8.65. The van der Waals surface area contributed by atoms with Gasteiger partial charge in [-0.05, 0) is 25.0 Å². The van der Waals surface area contributed by atoms with Crippen molar-refractivity contribution >= 4 is 11.8 Å². The summed E-state index contributed by atoms with van der Waals surface area (Å²) in [4.78, 5) is 24.6. The fourth-order valence-electron chi connectivity index (χ4n) is 4.01. The van der Waals surface area contributed by atoms with E-state index in [1.165, 1.54) is 44.9 Å². The number of rotatable bonds is 3. The zero-order valence-corrected chi connectivity index (χ0v) is 17.3. The average molecular weight is 403 g/mol. The van der Waals surface area contributed by atoms with Crippen molar-refractivity contribution in [3.8, 4) is 11.5 Å². The quantitative estimate of drug-likeness (QED) is 0.756. The maximum atomic E-state index is 12.4. The normalized spacial score (nSPS) is 21.3. The number of hydrogen-bond acceptors (Lipinski definition) is 4. The molecule has 3 rings (SSSR count). The first-order valence-corrected chi connectivity index (χ1v) is 11.2. The summed E-state index contributed by atoms with van der Waals surface area (Å²) in [6.07, 6.45) is 12.8. The number of carbonyl (C=O) groups excluding carboxylic acids is 2. The lowest BCUT2D eigenvalue weighted by molar-refractivity contribution is -0.140. The standard InChI is InChI=1S/C23H34N2O4/c26-22(24-16-19-17-28-20-14-10-11-15-21(20)29-19)23(27)25-18-12-8-6-4-2-1-3-5-7-9-13-18/h10-11,14-15,18-19H,1-9,12-13,16-17H2,(H,24,26)(H,25,27). The molecule has 1 heterocycles. The largest absolute Gasteiger partial charge is 0.486 e. The lowest BCUT2D eigenvalue weighted by Gasteiger charge is -2.26. The summed E-state index contributed by atoms with van der Waals surface area (Å²) in [5.74, 6) is 0.226. The van der Waals surface area contributed by atoms with Gasteiger partial charge in [0, 0.05) is 6.04 Å². The summed E-state index contributed by atoms with van der Waals surface area (Å²) >= 11 is 0. The van der Waals surface area contributed by atoms with Crippen molar-refractivity contribution in [1.82, 2.24) is 10.6 Å². The Morgan fingerprint density at radius 2 is 1.41 bits per heavy atom. The number of benzene rings is 1. The summed E-state index contributed by atoms with van der Waals surface area (Å²) in [7, 11) is 0. The fourth-order valence-corrected chi connectivity index (χ4v) is 4.01. The van der Waals surface area contributed by atoms with Crippen LogP contribution in [-0.4, -0.2) is 37.1 Å². The smallest absolute Gasteiger partial charge is 0.309 e. The zero-order valence-electron chi connectivity index (χ0n) is 17.3. The molecule has 1 fully saturated rings. The summed E-state index contributed by atoms with van der Waals surface area (Å²) in [6, 6.07) is 7.53. The minimum Gasteiger partial charge on any atom is -0.486 e. The molecule has 1 atom stereocenters. The van der Waals surface area contributed by atoms with Crippen molar-refractivity contribution < 1.29 is 19.1 Å². The van der Waals surface area contributed by atoms with Crippen LogP contribution in [-0.2, 0) is 9.59 Å². The molecule has 2 aliphatic rings. The molecule has 6 nitrogen and oxygen atoms in total. The van der Waals surface area contributed by atoms with Gasteiger partial charge in [0.2, 0.25) is 0 Å². The van der Waals surface area contributed by atoms with Gasteiger partial charge in [-0.3, -0.25) is 9.59 Å². The lowest BCUT2D eigenvalue weighted by Crippen LogP contribution is -2.48. The zero-order chi connectivity index (χ0) is 20.3. The predicted molar refractivity (Wildman–Crippen MR) is 112 cm³/mol. The Morgan fingerprint density at radius 1 is 0.828 bits per heavy atom. The van der Waals surface area contributed by atoms with E-state index in [-0.39, 0.29) is 18.7 Å². The third-order valence-corrected chi connectivity index (χ3v) is 5.70. The van der Waals surface area contributed by atoms with Crippen LogP contribution in [0, 0.1) is 0 Å². The number of amides is 2. The second kappa shape index (κ2) is 11.7. The van der Waals surface area contributed by atoms with Gasteiger partial charge in [0.15, 0.2) is 11.5 Å². The highest BCUT2D eigenvalue weighted by Crippen LogP contribution is 2.30. The molecule has 1 saturated carbocycles. The average Bonchev–Trinajstić information content (AvgIpc) is 2.73. The van der Waals surface area contributed by atoms with E-state index in [9.17, 15) is 9.59 Å². The highest BCUT2D eigenvalue weighted by Gasteiger charge is 2.23. The highest BCUT2D eigenvalue weighted by atomic mass is 16.6. The Labute approximate surface area is 173 Å². The van der Waals surface area contributed by atoms with Gasteiger partial charge in [0.1, 0.15) is 12.7 Å². The molecule has 0 spiro atoms. The summed E-state index contributed by atoms with van der Waals surface area (Å²) in [5.41, 5.74) is 0. The van der Waals surface area contributed by atoms with E-state index in [0.29, 0.717) is 18.1 Å².